The van der Waals surface area contributed by atoms with Crippen molar-refractivity contribution in [1.29, 1.82) is 0 Å². The fourth-order valence-electron chi connectivity index (χ4n) is 3.90. The average Bonchev–Trinajstić information content (AvgIpc) is 3.26. The van der Waals surface area contributed by atoms with E-state index in [9.17, 15) is 19.7 Å². The molecule has 1 saturated heterocycles. The first kappa shape index (κ1) is 22.9. The SMILES string of the molecule is Cc1c(C(=O)NCCC(=O)N2CCN(c3ccccc3)CC2)nnn1-c1cccc([N+](=O)[O-])c1. The Hall–Kier alpha value is -4.28. The van der Waals surface area contributed by atoms with E-state index in [1.807, 2.05) is 23.1 Å². The number of aromatic nitrogens is 3. The summed E-state index contributed by atoms with van der Waals surface area (Å²) in [6, 6.07) is 16.0. The number of nitro groups is 1. The van der Waals surface area contributed by atoms with E-state index in [1.54, 1.807) is 19.1 Å². The highest BCUT2D eigenvalue weighted by atomic mass is 16.6. The number of nitrogens with one attached hydrogen (secondary N) is 1. The van der Waals surface area contributed by atoms with Crippen LogP contribution in [-0.2, 0) is 4.79 Å². The maximum atomic E-state index is 12.6. The van der Waals surface area contributed by atoms with Crippen molar-refractivity contribution in [3.63, 3.8) is 0 Å². The van der Waals surface area contributed by atoms with Crippen LogP contribution in [-0.4, -0.2) is 69.4 Å². The van der Waals surface area contributed by atoms with Crippen LogP contribution < -0.4 is 10.2 Å². The van der Waals surface area contributed by atoms with Crippen LogP contribution in [0.25, 0.3) is 5.69 Å². The van der Waals surface area contributed by atoms with Gasteiger partial charge in [-0.2, -0.15) is 0 Å². The molecule has 0 atom stereocenters. The largest absolute Gasteiger partial charge is 0.368 e. The minimum Gasteiger partial charge on any atom is -0.368 e. The van der Waals surface area contributed by atoms with Crippen molar-refractivity contribution >= 4 is 23.2 Å². The highest BCUT2D eigenvalue weighted by molar-refractivity contribution is 5.93. The quantitative estimate of drug-likeness (QED) is 0.419. The second kappa shape index (κ2) is 10.1. The Labute approximate surface area is 196 Å². The number of carbonyl (C=O) groups is 2. The topological polar surface area (TPSA) is 127 Å². The minimum atomic E-state index is -0.498. The van der Waals surface area contributed by atoms with Crippen molar-refractivity contribution in [3.8, 4) is 5.69 Å². The summed E-state index contributed by atoms with van der Waals surface area (Å²) in [6.07, 6.45) is 0.190. The fraction of sp³-hybridized carbons (Fsp3) is 0.304. The number of carbonyl (C=O) groups excluding carboxylic acids is 2. The molecule has 176 valence electrons. The summed E-state index contributed by atoms with van der Waals surface area (Å²) in [4.78, 5) is 39.7. The van der Waals surface area contributed by atoms with Crippen LogP contribution in [0, 0.1) is 17.0 Å². The van der Waals surface area contributed by atoms with Crippen LogP contribution in [0.4, 0.5) is 11.4 Å². The molecule has 1 aliphatic rings. The van der Waals surface area contributed by atoms with Crippen molar-refractivity contribution in [2.24, 2.45) is 0 Å². The Bertz CT molecular complexity index is 1190. The van der Waals surface area contributed by atoms with Gasteiger partial charge in [0.15, 0.2) is 5.69 Å². The molecule has 3 aromatic rings. The number of anilines is 1. The van der Waals surface area contributed by atoms with Gasteiger partial charge in [-0.1, -0.05) is 29.5 Å². The van der Waals surface area contributed by atoms with Crippen LogP contribution in [0.3, 0.4) is 0 Å². The van der Waals surface area contributed by atoms with Crippen LogP contribution in [0.5, 0.6) is 0 Å². The van der Waals surface area contributed by atoms with Gasteiger partial charge >= 0.3 is 0 Å². The first-order chi connectivity index (χ1) is 16.4. The summed E-state index contributed by atoms with van der Waals surface area (Å²) in [7, 11) is 0. The van der Waals surface area contributed by atoms with Crippen molar-refractivity contribution < 1.29 is 14.5 Å². The van der Waals surface area contributed by atoms with E-state index in [2.05, 4.69) is 32.7 Å². The summed E-state index contributed by atoms with van der Waals surface area (Å²) in [5, 5.41) is 21.6. The number of hydrogen-bond acceptors (Lipinski definition) is 7. The monoisotopic (exact) mass is 463 g/mol. The molecule has 0 spiro atoms. The zero-order valence-electron chi connectivity index (χ0n) is 18.8. The molecule has 0 saturated carbocycles. The van der Waals surface area contributed by atoms with Gasteiger partial charge in [-0.3, -0.25) is 19.7 Å². The van der Waals surface area contributed by atoms with E-state index in [-0.39, 0.29) is 30.3 Å². The molecule has 0 unspecified atom stereocenters. The number of benzene rings is 2. The maximum Gasteiger partial charge on any atom is 0.273 e. The number of non-ortho nitro benzene ring substituents is 1. The molecule has 2 heterocycles. The molecular formula is C23H25N7O4. The summed E-state index contributed by atoms with van der Waals surface area (Å²) in [6.45, 7) is 4.64. The second-order valence-corrected chi connectivity index (χ2v) is 7.92. The first-order valence-electron chi connectivity index (χ1n) is 11.0. The molecule has 1 fully saturated rings. The van der Waals surface area contributed by atoms with E-state index in [4.69, 9.17) is 0 Å². The molecule has 0 bridgehead atoms. The molecule has 2 amide bonds. The van der Waals surface area contributed by atoms with Crippen molar-refractivity contribution in [2.75, 3.05) is 37.6 Å². The highest BCUT2D eigenvalue weighted by Gasteiger charge is 2.22. The van der Waals surface area contributed by atoms with Crippen molar-refractivity contribution in [3.05, 3.63) is 76.1 Å². The number of nitro benzene ring substituents is 1. The third-order valence-corrected chi connectivity index (χ3v) is 5.77. The van der Waals surface area contributed by atoms with E-state index < -0.39 is 10.8 Å². The van der Waals surface area contributed by atoms with Gasteiger partial charge in [0.25, 0.3) is 11.6 Å². The van der Waals surface area contributed by atoms with Gasteiger partial charge in [0.2, 0.25) is 5.91 Å². The lowest BCUT2D eigenvalue weighted by atomic mass is 10.2. The Morgan fingerprint density at radius 1 is 1.03 bits per heavy atom. The van der Waals surface area contributed by atoms with Gasteiger partial charge in [0.05, 0.1) is 16.3 Å². The van der Waals surface area contributed by atoms with Crippen LogP contribution in [0.15, 0.2) is 54.6 Å². The van der Waals surface area contributed by atoms with Gasteiger partial charge in [-0.05, 0) is 25.1 Å². The molecule has 0 radical (unpaired) electrons. The third kappa shape index (κ3) is 5.03. The molecular weight excluding hydrogens is 438 g/mol. The molecule has 4 rings (SSSR count). The molecule has 0 aliphatic carbocycles. The number of amides is 2. The smallest absolute Gasteiger partial charge is 0.273 e. The molecule has 34 heavy (non-hydrogen) atoms. The van der Waals surface area contributed by atoms with Crippen molar-refractivity contribution in [1.82, 2.24) is 25.2 Å². The molecule has 1 N–H and O–H groups in total. The van der Waals surface area contributed by atoms with Gasteiger partial charge < -0.3 is 15.1 Å². The van der Waals surface area contributed by atoms with Crippen molar-refractivity contribution in [2.45, 2.75) is 13.3 Å². The van der Waals surface area contributed by atoms with E-state index in [1.165, 1.54) is 16.8 Å². The Morgan fingerprint density at radius 2 is 1.74 bits per heavy atom. The summed E-state index contributed by atoms with van der Waals surface area (Å²) < 4.78 is 1.37. The lowest BCUT2D eigenvalue weighted by molar-refractivity contribution is -0.384. The lowest BCUT2D eigenvalue weighted by Crippen LogP contribution is -2.49. The molecule has 11 nitrogen and oxygen atoms in total. The normalized spacial score (nSPS) is 13.6. The standard InChI is InChI=1S/C23H25N7O4/c1-17-22(25-26-29(17)19-8-5-9-20(16-19)30(33)34)23(32)24-11-10-21(31)28-14-12-27(13-15-28)18-6-3-2-4-7-18/h2-9,16H,10-15H2,1H3,(H,24,32). The lowest BCUT2D eigenvalue weighted by Gasteiger charge is -2.36. The summed E-state index contributed by atoms with van der Waals surface area (Å²) in [5.74, 6) is -0.458. The predicted molar refractivity (Wildman–Crippen MR) is 125 cm³/mol. The number of nitrogens with zero attached hydrogens (tertiary/aromatic N) is 6. The van der Waals surface area contributed by atoms with Gasteiger partial charge in [0, 0.05) is 57.0 Å². The van der Waals surface area contributed by atoms with Crippen LogP contribution in [0.2, 0.25) is 0 Å². The van der Waals surface area contributed by atoms with Gasteiger partial charge in [0.1, 0.15) is 0 Å². The maximum absolute atomic E-state index is 12.6. The highest BCUT2D eigenvalue weighted by Crippen LogP contribution is 2.19. The summed E-state index contributed by atoms with van der Waals surface area (Å²) in [5.41, 5.74) is 2.05. The van der Waals surface area contributed by atoms with E-state index in [0.717, 1.165) is 18.8 Å². The zero-order valence-corrected chi connectivity index (χ0v) is 18.8. The molecule has 1 aromatic heterocycles. The summed E-state index contributed by atoms with van der Waals surface area (Å²) >= 11 is 0. The number of rotatable bonds is 7. The van der Waals surface area contributed by atoms with E-state index in [0.29, 0.717) is 24.5 Å². The van der Waals surface area contributed by atoms with Crippen LogP contribution in [0.1, 0.15) is 22.6 Å². The predicted octanol–water partition coefficient (Wildman–Crippen LogP) is 1.95. The van der Waals surface area contributed by atoms with Gasteiger partial charge in [-0.25, -0.2) is 4.68 Å². The number of piperazine rings is 1. The third-order valence-electron chi connectivity index (χ3n) is 5.77. The van der Waals surface area contributed by atoms with E-state index >= 15 is 0 Å². The van der Waals surface area contributed by atoms with Gasteiger partial charge in [-0.15, -0.1) is 5.10 Å². The number of hydrogen-bond donors (Lipinski definition) is 1. The molecule has 1 aliphatic heterocycles. The molecule has 11 heteroatoms. The average molecular weight is 463 g/mol. The Kier molecular flexibility index (Phi) is 6.81. The Balaban J connectivity index is 1.28. The molecule has 2 aromatic carbocycles. The number of para-hydroxylation sites is 1. The fourth-order valence-corrected chi connectivity index (χ4v) is 3.90. The second-order valence-electron chi connectivity index (χ2n) is 7.92. The Morgan fingerprint density at radius 3 is 2.44 bits per heavy atom. The minimum absolute atomic E-state index is 0.00927. The zero-order chi connectivity index (χ0) is 24.1. The van der Waals surface area contributed by atoms with Crippen LogP contribution >= 0.6 is 0 Å². The first-order valence-corrected chi connectivity index (χ1v) is 11.0.